The standard InChI is InChI=1S/C21H21F3N2O2.ClH/c22-21(23,24)16-3-1-2-13(8-16)17-4-5-18(28-17)20(27)25-19-14-6-12-7-15(19)11-26(9-12)10-14;/h1-5,8,12,14-15,19H,6-7,9-11H2,(H,25,27);1H/t12?,14-,15-,19?;/m0./s1. The minimum atomic E-state index is -4.42. The molecule has 1 aromatic heterocycles. The van der Waals surface area contributed by atoms with Crippen molar-refractivity contribution in [2.75, 3.05) is 19.6 Å². The second kappa shape index (κ2) is 7.36. The van der Waals surface area contributed by atoms with Gasteiger partial charge >= 0.3 is 6.18 Å². The highest BCUT2D eigenvalue weighted by molar-refractivity contribution is 5.92. The number of benzene rings is 1. The number of piperidine rings is 3. The molecule has 4 fully saturated rings. The fourth-order valence-corrected chi connectivity index (χ4v) is 5.33. The molecule has 0 radical (unpaired) electrons. The number of alkyl halides is 3. The van der Waals surface area contributed by atoms with Gasteiger partial charge in [0.25, 0.3) is 5.91 Å². The van der Waals surface area contributed by atoms with Crippen molar-refractivity contribution in [2.45, 2.75) is 25.1 Å². The molecule has 2 aromatic rings. The third kappa shape index (κ3) is 3.78. The topological polar surface area (TPSA) is 45.5 Å². The monoisotopic (exact) mass is 426 g/mol. The molecule has 0 spiro atoms. The van der Waals surface area contributed by atoms with Crippen LogP contribution in [0, 0.1) is 17.8 Å². The van der Waals surface area contributed by atoms with Crippen LogP contribution < -0.4 is 5.32 Å². The molecule has 0 unspecified atom stereocenters. The molecule has 1 N–H and O–H groups in total. The van der Waals surface area contributed by atoms with E-state index < -0.39 is 11.7 Å². The van der Waals surface area contributed by atoms with Gasteiger partial charge in [-0.3, -0.25) is 4.79 Å². The van der Waals surface area contributed by atoms with Gasteiger partial charge in [0.1, 0.15) is 5.76 Å². The molecule has 1 aromatic carbocycles. The van der Waals surface area contributed by atoms with Crippen molar-refractivity contribution in [1.29, 1.82) is 0 Å². The van der Waals surface area contributed by atoms with Crippen molar-refractivity contribution < 1.29 is 22.4 Å². The van der Waals surface area contributed by atoms with E-state index in [2.05, 4.69) is 10.2 Å². The van der Waals surface area contributed by atoms with Crippen LogP contribution in [-0.4, -0.2) is 36.5 Å². The van der Waals surface area contributed by atoms with E-state index in [9.17, 15) is 18.0 Å². The lowest BCUT2D eigenvalue weighted by Crippen LogP contribution is -2.64. The molecule has 4 aliphatic rings. The molecule has 156 valence electrons. The molecule has 3 aliphatic heterocycles. The lowest BCUT2D eigenvalue weighted by atomic mass is 9.65. The van der Waals surface area contributed by atoms with Crippen molar-refractivity contribution >= 4 is 18.3 Å². The zero-order valence-corrected chi connectivity index (χ0v) is 16.4. The largest absolute Gasteiger partial charge is 0.451 e. The molecule has 6 rings (SSSR count). The van der Waals surface area contributed by atoms with Crippen LogP contribution >= 0.6 is 12.4 Å². The van der Waals surface area contributed by atoms with E-state index in [4.69, 9.17) is 4.42 Å². The molecular weight excluding hydrogens is 405 g/mol. The first kappa shape index (κ1) is 20.3. The summed E-state index contributed by atoms with van der Waals surface area (Å²) in [5.74, 6) is 1.82. The Bertz CT molecular complexity index is 883. The van der Waals surface area contributed by atoms with Crippen molar-refractivity contribution in [3.05, 3.63) is 47.7 Å². The van der Waals surface area contributed by atoms with Crippen LogP contribution in [0.25, 0.3) is 11.3 Å². The normalized spacial score (nSPS) is 30.1. The minimum absolute atomic E-state index is 0. The fraction of sp³-hybridized carbons (Fsp3) is 0.476. The molecular formula is C21H22ClF3N2O2. The fourth-order valence-electron chi connectivity index (χ4n) is 5.33. The molecule has 1 aliphatic carbocycles. The zero-order chi connectivity index (χ0) is 19.5. The van der Waals surface area contributed by atoms with Crippen LogP contribution in [-0.2, 0) is 6.18 Å². The van der Waals surface area contributed by atoms with Gasteiger partial charge in [-0.15, -0.1) is 12.4 Å². The summed E-state index contributed by atoms with van der Waals surface area (Å²) in [6.07, 6.45) is -2.10. The van der Waals surface area contributed by atoms with E-state index in [0.29, 0.717) is 17.4 Å². The number of amides is 1. The van der Waals surface area contributed by atoms with Gasteiger partial charge in [0.2, 0.25) is 0 Å². The molecule has 4 bridgehead atoms. The summed E-state index contributed by atoms with van der Waals surface area (Å²) in [6.45, 7) is 3.25. The third-order valence-corrected chi connectivity index (χ3v) is 6.39. The van der Waals surface area contributed by atoms with Crippen LogP contribution in [0.5, 0.6) is 0 Å². The van der Waals surface area contributed by atoms with Gasteiger partial charge in [-0.1, -0.05) is 12.1 Å². The summed E-state index contributed by atoms with van der Waals surface area (Å²) in [4.78, 5) is 15.2. The SMILES string of the molecule is Cl.O=C(NC1[C@H]2CC3C[C@H]1CN(C3)C2)c1ccc(-c2cccc(C(F)(F)F)c2)o1. The van der Waals surface area contributed by atoms with Crippen LogP contribution in [0.1, 0.15) is 29.0 Å². The number of carbonyl (C=O) groups excluding carboxylic acids is 1. The van der Waals surface area contributed by atoms with Crippen molar-refractivity contribution in [3.8, 4) is 11.3 Å². The number of nitrogens with one attached hydrogen (secondary N) is 1. The number of hydrogen-bond donors (Lipinski definition) is 1. The highest BCUT2D eigenvalue weighted by Crippen LogP contribution is 2.43. The average Bonchev–Trinajstić information content (AvgIpc) is 3.14. The predicted octanol–water partition coefficient (Wildman–Crippen LogP) is 4.46. The van der Waals surface area contributed by atoms with E-state index in [1.165, 1.54) is 18.7 Å². The van der Waals surface area contributed by atoms with Gasteiger partial charge in [-0.2, -0.15) is 13.2 Å². The van der Waals surface area contributed by atoms with Crippen LogP contribution in [0.3, 0.4) is 0 Å². The van der Waals surface area contributed by atoms with E-state index in [1.807, 2.05) is 0 Å². The first-order valence-corrected chi connectivity index (χ1v) is 9.67. The van der Waals surface area contributed by atoms with Crippen molar-refractivity contribution in [3.63, 3.8) is 0 Å². The van der Waals surface area contributed by atoms with Gasteiger partial charge in [0.05, 0.1) is 5.56 Å². The minimum Gasteiger partial charge on any atom is -0.451 e. The molecule has 3 saturated heterocycles. The van der Waals surface area contributed by atoms with E-state index in [0.717, 1.165) is 44.0 Å². The molecule has 8 heteroatoms. The van der Waals surface area contributed by atoms with E-state index >= 15 is 0 Å². The molecule has 1 amide bonds. The Morgan fingerprint density at radius 1 is 1.07 bits per heavy atom. The molecule has 4 heterocycles. The number of furan rings is 1. The average molecular weight is 427 g/mol. The van der Waals surface area contributed by atoms with Crippen LogP contribution in [0.2, 0.25) is 0 Å². The number of hydrogen-bond acceptors (Lipinski definition) is 3. The van der Waals surface area contributed by atoms with Crippen molar-refractivity contribution in [1.82, 2.24) is 10.2 Å². The predicted molar refractivity (Wildman–Crippen MR) is 104 cm³/mol. The number of rotatable bonds is 3. The summed E-state index contributed by atoms with van der Waals surface area (Å²) in [5.41, 5.74) is -0.438. The Morgan fingerprint density at radius 2 is 1.79 bits per heavy atom. The second-order valence-electron chi connectivity index (χ2n) is 8.32. The smallest absolute Gasteiger partial charge is 0.416 e. The summed E-state index contributed by atoms with van der Waals surface area (Å²) in [5, 5.41) is 3.14. The maximum atomic E-state index is 12.9. The Labute approximate surface area is 172 Å². The van der Waals surface area contributed by atoms with Gasteiger partial charge in [-0.25, -0.2) is 0 Å². The molecule has 4 nitrogen and oxygen atoms in total. The highest BCUT2D eigenvalue weighted by Gasteiger charge is 2.48. The first-order chi connectivity index (χ1) is 13.4. The van der Waals surface area contributed by atoms with Gasteiger partial charge in [0, 0.05) is 31.2 Å². The molecule has 2 atom stereocenters. The Balaban J connectivity index is 0.00000205. The van der Waals surface area contributed by atoms with Crippen LogP contribution in [0.4, 0.5) is 13.2 Å². The van der Waals surface area contributed by atoms with Gasteiger partial charge in [0.15, 0.2) is 5.76 Å². The summed E-state index contributed by atoms with van der Waals surface area (Å²) >= 11 is 0. The maximum Gasteiger partial charge on any atom is 0.416 e. The lowest BCUT2D eigenvalue weighted by Gasteiger charge is -2.55. The summed E-state index contributed by atoms with van der Waals surface area (Å²) in [6, 6.07) is 8.17. The summed E-state index contributed by atoms with van der Waals surface area (Å²) < 4.78 is 44.4. The van der Waals surface area contributed by atoms with Gasteiger partial charge < -0.3 is 14.6 Å². The summed E-state index contributed by atoms with van der Waals surface area (Å²) in [7, 11) is 0. The second-order valence-corrected chi connectivity index (χ2v) is 8.32. The van der Waals surface area contributed by atoms with Crippen LogP contribution in [0.15, 0.2) is 40.8 Å². The van der Waals surface area contributed by atoms with E-state index in [1.54, 1.807) is 12.1 Å². The number of halogens is 4. The van der Waals surface area contributed by atoms with Gasteiger partial charge in [-0.05, 0) is 54.9 Å². The number of carbonyl (C=O) groups is 1. The Hall–Kier alpha value is -1.99. The highest BCUT2D eigenvalue weighted by atomic mass is 35.5. The maximum absolute atomic E-state index is 12.9. The quantitative estimate of drug-likeness (QED) is 0.788. The molecule has 29 heavy (non-hydrogen) atoms. The third-order valence-electron chi connectivity index (χ3n) is 6.39. The zero-order valence-electron chi connectivity index (χ0n) is 15.6. The first-order valence-electron chi connectivity index (χ1n) is 9.67. The lowest BCUT2D eigenvalue weighted by molar-refractivity contribution is -0.137. The van der Waals surface area contributed by atoms with Crippen molar-refractivity contribution in [2.24, 2.45) is 17.8 Å². The Kier molecular flexibility index (Phi) is 5.15. The molecule has 1 saturated carbocycles. The van der Waals surface area contributed by atoms with E-state index in [-0.39, 0.29) is 35.9 Å². The Morgan fingerprint density at radius 3 is 2.45 bits per heavy atom. The number of nitrogens with zero attached hydrogens (tertiary/aromatic N) is 1.